The molecule has 0 aromatic heterocycles. The molecular weight excluding hydrogens is 508 g/mol. The molecule has 0 heterocycles. The van der Waals surface area contributed by atoms with Crippen molar-refractivity contribution >= 4 is 23.3 Å². The van der Waals surface area contributed by atoms with Crippen molar-refractivity contribution in [1.82, 2.24) is 0 Å². The molecule has 0 atom stereocenters. The van der Waals surface area contributed by atoms with Gasteiger partial charge in [0.05, 0.1) is 12.8 Å². The van der Waals surface area contributed by atoms with Crippen LogP contribution in [0.25, 0.3) is 0 Å². The molecule has 0 bridgehead atoms. The van der Waals surface area contributed by atoms with Gasteiger partial charge in [0.25, 0.3) is 0 Å². The lowest BCUT2D eigenvalue weighted by molar-refractivity contribution is -0.143. The van der Waals surface area contributed by atoms with Crippen molar-refractivity contribution < 1.29 is 57.7 Å². The van der Waals surface area contributed by atoms with Crippen LogP contribution in [0.2, 0.25) is 0 Å². The highest BCUT2D eigenvalue weighted by molar-refractivity contribution is 5.75. The molecular formula is C24H36N2O12. The Bertz CT molecular complexity index is 867. The second kappa shape index (κ2) is 21.1. The molecule has 0 fully saturated rings. The van der Waals surface area contributed by atoms with E-state index in [1.807, 2.05) is 0 Å². The maximum atomic E-state index is 9.64. The Balaban J connectivity index is 0.000000569. The monoisotopic (exact) mass is 544 g/mol. The van der Waals surface area contributed by atoms with Gasteiger partial charge < -0.3 is 59.6 Å². The van der Waals surface area contributed by atoms with E-state index in [0.717, 1.165) is 0 Å². The number of benzene rings is 2. The third-order valence-electron chi connectivity index (χ3n) is 3.82. The SMILES string of the molecule is COCOc1ccc(N)cc1OCOC.COCOc1ccc(N)cc1OCOC.O=C(O)CCC(=O)O. The van der Waals surface area contributed by atoms with E-state index in [1.165, 1.54) is 0 Å². The Kier molecular flexibility index (Phi) is 18.9. The number of anilines is 2. The van der Waals surface area contributed by atoms with E-state index >= 15 is 0 Å². The second-order valence-corrected chi connectivity index (χ2v) is 6.90. The summed E-state index contributed by atoms with van der Waals surface area (Å²) in [6.45, 7) is 0.611. The number of nitrogens with two attached hydrogens (primary N) is 2. The lowest BCUT2D eigenvalue weighted by Crippen LogP contribution is -2.04. The summed E-state index contributed by atoms with van der Waals surface area (Å²) in [6, 6.07) is 10.2. The molecule has 0 unspecified atom stereocenters. The number of hydrogen-bond donors (Lipinski definition) is 4. The second-order valence-electron chi connectivity index (χ2n) is 6.90. The van der Waals surface area contributed by atoms with Gasteiger partial charge in [-0.25, -0.2) is 0 Å². The van der Waals surface area contributed by atoms with E-state index in [9.17, 15) is 9.59 Å². The minimum atomic E-state index is -1.08. The molecule has 14 nitrogen and oxygen atoms in total. The maximum absolute atomic E-state index is 9.64. The van der Waals surface area contributed by atoms with Crippen molar-refractivity contribution in [2.24, 2.45) is 0 Å². The van der Waals surface area contributed by atoms with Gasteiger partial charge in [-0.1, -0.05) is 0 Å². The summed E-state index contributed by atoms with van der Waals surface area (Å²) in [5.74, 6) is 0.0637. The largest absolute Gasteiger partial charge is 0.481 e. The number of aliphatic carboxylic acids is 2. The molecule has 0 amide bonds. The molecule has 0 radical (unpaired) electrons. The highest BCUT2D eigenvalue weighted by Gasteiger charge is 2.06. The topological polar surface area (TPSA) is 200 Å². The zero-order valence-corrected chi connectivity index (χ0v) is 21.8. The molecule has 0 spiro atoms. The van der Waals surface area contributed by atoms with Crippen molar-refractivity contribution in [2.45, 2.75) is 12.8 Å². The molecule has 214 valence electrons. The summed E-state index contributed by atoms with van der Waals surface area (Å²) in [7, 11) is 6.18. The van der Waals surface area contributed by atoms with Crippen LogP contribution in [-0.4, -0.2) is 77.8 Å². The van der Waals surface area contributed by atoms with Crippen LogP contribution in [0.1, 0.15) is 12.8 Å². The van der Waals surface area contributed by atoms with Crippen LogP contribution >= 0.6 is 0 Å². The average Bonchev–Trinajstić information content (AvgIpc) is 2.89. The molecule has 0 aliphatic carbocycles. The highest BCUT2D eigenvalue weighted by Crippen LogP contribution is 2.30. The molecule has 2 aromatic carbocycles. The number of methoxy groups -OCH3 is 4. The van der Waals surface area contributed by atoms with E-state index in [2.05, 4.69) is 0 Å². The van der Waals surface area contributed by atoms with Crippen molar-refractivity contribution in [3.63, 3.8) is 0 Å². The zero-order chi connectivity index (χ0) is 28.8. The number of carboxylic acids is 2. The van der Waals surface area contributed by atoms with E-state index in [1.54, 1.807) is 64.8 Å². The third kappa shape index (κ3) is 16.6. The van der Waals surface area contributed by atoms with Crippen molar-refractivity contribution in [1.29, 1.82) is 0 Å². The number of rotatable bonds is 15. The van der Waals surface area contributed by atoms with Gasteiger partial charge in [0.15, 0.2) is 50.2 Å². The Labute approximate surface area is 220 Å². The first-order chi connectivity index (χ1) is 18.2. The minimum absolute atomic E-state index is 0.146. The van der Waals surface area contributed by atoms with Gasteiger partial charge in [-0.15, -0.1) is 0 Å². The first-order valence-electron chi connectivity index (χ1n) is 10.9. The van der Waals surface area contributed by atoms with Gasteiger partial charge in [-0.05, 0) is 24.3 Å². The van der Waals surface area contributed by atoms with E-state index in [-0.39, 0.29) is 40.0 Å². The standard InChI is InChI=1S/2C10H15NO4.C4H6O4/c2*1-12-6-14-9-4-3-8(11)5-10(9)15-7-13-2;5-3(6)1-2-4(7)8/h2*3-5H,6-7,11H2,1-2H3;1-2H2,(H,5,6)(H,7,8). The minimum Gasteiger partial charge on any atom is -0.481 e. The molecule has 6 N–H and O–H groups in total. The van der Waals surface area contributed by atoms with Crippen LogP contribution in [0.3, 0.4) is 0 Å². The fourth-order valence-corrected chi connectivity index (χ4v) is 2.22. The summed E-state index contributed by atoms with van der Waals surface area (Å²) in [4.78, 5) is 19.3. The van der Waals surface area contributed by atoms with Gasteiger partial charge in [0, 0.05) is 51.9 Å². The van der Waals surface area contributed by atoms with Crippen LogP contribution in [0.15, 0.2) is 36.4 Å². The van der Waals surface area contributed by atoms with Crippen LogP contribution < -0.4 is 30.4 Å². The lowest BCUT2D eigenvalue weighted by atomic mass is 10.3. The number of hydrogen-bond acceptors (Lipinski definition) is 12. The van der Waals surface area contributed by atoms with Crippen LogP contribution in [0.5, 0.6) is 23.0 Å². The number of carboxylic acid groups (broad SMARTS) is 2. The molecule has 0 saturated carbocycles. The summed E-state index contributed by atoms with van der Waals surface area (Å²) in [5, 5.41) is 15.8. The fourth-order valence-electron chi connectivity index (χ4n) is 2.22. The van der Waals surface area contributed by atoms with Crippen LogP contribution in [-0.2, 0) is 28.5 Å². The molecule has 0 aliphatic heterocycles. The predicted molar refractivity (Wildman–Crippen MR) is 136 cm³/mol. The van der Waals surface area contributed by atoms with Gasteiger partial charge in [-0.2, -0.15) is 0 Å². The lowest BCUT2D eigenvalue weighted by Gasteiger charge is -2.11. The molecule has 0 saturated heterocycles. The number of ether oxygens (including phenoxy) is 8. The smallest absolute Gasteiger partial charge is 0.303 e. The van der Waals surface area contributed by atoms with Gasteiger partial charge >= 0.3 is 11.9 Å². The van der Waals surface area contributed by atoms with E-state index < -0.39 is 11.9 Å². The van der Waals surface area contributed by atoms with Crippen molar-refractivity contribution in [3.8, 4) is 23.0 Å². The molecule has 38 heavy (non-hydrogen) atoms. The molecule has 2 aromatic rings. The number of carbonyl (C=O) groups is 2. The summed E-state index contributed by atoms with van der Waals surface area (Å²) in [5.41, 5.74) is 12.4. The van der Waals surface area contributed by atoms with E-state index in [4.69, 9.17) is 59.6 Å². The molecule has 0 aliphatic rings. The quantitative estimate of drug-likeness (QED) is 0.188. The summed E-state index contributed by atoms with van der Waals surface area (Å²) >= 11 is 0. The fraction of sp³-hybridized carbons (Fsp3) is 0.417. The van der Waals surface area contributed by atoms with Gasteiger partial charge in [0.2, 0.25) is 0 Å². The predicted octanol–water partition coefficient (Wildman–Crippen LogP) is 2.40. The summed E-state index contributed by atoms with van der Waals surface area (Å²) in [6.07, 6.45) is -0.593. The zero-order valence-electron chi connectivity index (χ0n) is 21.8. The first-order valence-corrected chi connectivity index (χ1v) is 10.9. The van der Waals surface area contributed by atoms with Gasteiger partial charge in [0.1, 0.15) is 0 Å². The maximum Gasteiger partial charge on any atom is 0.303 e. The normalized spacial score (nSPS) is 9.68. The Hall–Kier alpha value is -3.98. The van der Waals surface area contributed by atoms with Crippen LogP contribution in [0.4, 0.5) is 11.4 Å². The van der Waals surface area contributed by atoms with Crippen molar-refractivity contribution in [2.75, 3.05) is 67.1 Å². The average molecular weight is 545 g/mol. The number of nitrogen functional groups attached to an aromatic ring is 2. The third-order valence-corrected chi connectivity index (χ3v) is 3.82. The first kappa shape index (κ1) is 34.0. The Morgan fingerprint density at radius 2 is 0.868 bits per heavy atom. The van der Waals surface area contributed by atoms with Gasteiger partial charge in [-0.3, -0.25) is 9.59 Å². The molecule has 2 rings (SSSR count). The highest BCUT2D eigenvalue weighted by atomic mass is 16.7. The Morgan fingerprint density at radius 1 is 0.579 bits per heavy atom. The Morgan fingerprint density at radius 3 is 1.13 bits per heavy atom. The molecule has 14 heteroatoms. The van der Waals surface area contributed by atoms with Crippen LogP contribution in [0, 0.1) is 0 Å². The van der Waals surface area contributed by atoms with Crippen molar-refractivity contribution in [3.05, 3.63) is 36.4 Å². The van der Waals surface area contributed by atoms with E-state index in [0.29, 0.717) is 34.4 Å². The summed E-state index contributed by atoms with van der Waals surface area (Å²) < 4.78 is 40.3.